The Morgan fingerprint density at radius 3 is 2.91 bits per heavy atom. The molecule has 0 N–H and O–H groups in total. The lowest BCUT2D eigenvalue weighted by atomic mass is 9.81. The van der Waals surface area contributed by atoms with E-state index in [4.69, 9.17) is 23.2 Å². The molecule has 4 rings (SSSR count). The molecule has 3 nitrogen and oxygen atoms in total. The molecule has 1 aromatic heterocycles. The van der Waals surface area contributed by atoms with Gasteiger partial charge in [-0.2, -0.15) is 0 Å². The first kappa shape index (κ1) is 14.4. The summed E-state index contributed by atoms with van der Waals surface area (Å²) in [6.45, 7) is 0.596. The minimum atomic E-state index is -0.366. The van der Waals surface area contributed by atoms with Crippen LogP contribution in [0.25, 0.3) is 0 Å². The second kappa shape index (κ2) is 4.88. The molecular weight excluding hydrogens is 324 g/mol. The summed E-state index contributed by atoms with van der Waals surface area (Å²) in [5.41, 5.74) is 3.24. The van der Waals surface area contributed by atoms with Crippen LogP contribution in [0.5, 0.6) is 0 Å². The second-order valence-corrected chi connectivity index (χ2v) is 6.74. The maximum Gasteiger partial charge on any atom is 0.224 e. The van der Waals surface area contributed by atoms with Crippen molar-refractivity contribution < 1.29 is 4.39 Å². The quantitative estimate of drug-likeness (QED) is 0.541. The Kier molecular flexibility index (Phi) is 3.19. The Morgan fingerprint density at radius 2 is 2.09 bits per heavy atom. The zero-order valence-electron chi connectivity index (χ0n) is 12.0. The van der Waals surface area contributed by atoms with Gasteiger partial charge in [-0.1, -0.05) is 23.7 Å². The monoisotopic (exact) mass is 337 g/mol. The van der Waals surface area contributed by atoms with Gasteiger partial charge in [-0.25, -0.2) is 14.4 Å². The molecule has 1 spiro atoms. The van der Waals surface area contributed by atoms with Gasteiger partial charge < -0.3 is 0 Å². The van der Waals surface area contributed by atoms with Crippen molar-refractivity contribution >= 4 is 23.2 Å². The normalized spacial score (nSPS) is 23.6. The van der Waals surface area contributed by atoms with Crippen molar-refractivity contribution in [2.75, 3.05) is 7.05 Å². The maximum absolute atomic E-state index is 14.5. The van der Waals surface area contributed by atoms with Gasteiger partial charge in [-0.05, 0) is 43.1 Å². The zero-order valence-corrected chi connectivity index (χ0v) is 13.5. The Hall–Kier alpha value is -1.23. The number of rotatable bonds is 0. The van der Waals surface area contributed by atoms with Gasteiger partial charge in [0.1, 0.15) is 11.0 Å². The van der Waals surface area contributed by atoms with Crippen molar-refractivity contribution in [3.05, 3.63) is 56.8 Å². The molecule has 1 unspecified atom stereocenters. The van der Waals surface area contributed by atoms with E-state index in [1.165, 1.54) is 6.07 Å². The van der Waals surface area contributed by atoms with Crippen LogP contribution in [0.1, 0.15) is 28.8 Å². The van der Waals surface area contributed by atoms with Gasteiger partial charge in [0.25, 0.3) is 0 Å². The van der Waals surface area contributed by atoms with Gasteiger partial charge in [0, 0.05) is 24.1 Å². The number of halogens is 3. The first-order chi connectivity index (χ1) is 10.5. The molecule has 6 heteroatoms. The molecule has 22 heavy (non-hydrogen) atoms. The molecule has 0 bridgehead atoms. The molecule has 114 valence electrons. The van der Waals surface area contributed by atoms with E-state index in [0.717, 1.165) is 35.2 Å². The highest BCUT2D eigenvalue weighted by atomic mass is 35.5. The third kappa shape index (κ3) is 1.91. The summed E-state index contributed by atoms with van der Waals surface area (Å²) in [7, 11) is 2.01. The Balaban J connectivity index is 1.89. The van der Waals surface area contributed by atoms with Crippen molar-refractivity contribution in [3.63, 3.8) is 0 Å². The molecular formula is C16H14Cl2FN3. The number of hydrogen-bond acceptors (Lipinski definition) is 3. The molecule has 2 aromatic rings. The molecule has 1 aromatic carbocycles. The average molecular weight is 338 g/mol. The highest BCUT2D eigenvalue weighted by Gasteiger charge is 2.47. The molecule has 2 heterocycles. The Bertz CT molecular complexity index is 780. The minimum Gasteiger partial charge on any atom is -0.292 e. The molecule has 1 aliphatic heterocycles. The van der Waals surface area contributed by atoms with Crippen molar-refractivity contribution in [2.24, 2.45) is 0 Å². The fourth-order valence-corrected chi connectivity index (χ4v) is 4.38. The van der Waals surface area contributed by atoms with Crippen molar-refractivity contribution in [1.29, 1.82) is 0 Å². The molecule has 1 atom stereocenters. The van der Waals surface area contributed by atoms with Gasteiger partial charge in [-0.3, -0.25) is 4.90 Å². The maximum atomic E-state index is 14.5. The standard InChI is InChI=1S/C16H14Cl2FN3/c1-22-8-10-12(20-15(18)21-14(10)17)7-16(22)6-5-9-3-2-4-11(19)13(9)16/h2-4H,5-8H2,1H3. The smallest absolute Gasteiger partial charge is 0.224 e. The minimum absolute atomic E-state index is 0.142. The largest absolute Gasteiger partial charge is 0.292 e. The third-order valence-electron chi connectivity index (χ3n) is 4.97. The van der Waals surface area contributed by atoms with Gasteiger partial charge in [-0.15, -0.1) is 0 Å². The Labute approximate surface area is 138 Å². The molecule has 1 aliphatic carbocycles. The number of fused-ring (bicyclic) bond motifs is 3. The number of likely N-dealkylation sites (N-methyl/N-ethyl adjacent to an activating group) is 1. The van der Waals surface area contributed by atoms with Crippen LogP contribution in [-0.2, 0) is 24.9 Å². The van der Waals surface area contributed by atoms with E-state index in [-0.39, 0.29) is 16.6 Å². The van der Waals surface area contributed by atoms with Crippen LogP contribution in [-0.4, -0.2) is 21.9 Å². The van der Waals surface area contributed by atoms with Gasteiger partial charge in [0.2, 0.25) is 5.28 Å². The lowest BCUT2D eigenvalue weighted by Crippen LogP contribution is -2.47. The highest BCUT2D eigenvalue weighted by Crippen LogP contribution is 2.48. The van der Waals surface area contributed by atoms with Crippen LogP contribution in [0.15, 0.2) is 18.2 Å². The van der Waals surface area contributed by atoms with Gasteiger partial charge in [0.05, 0.1) is 11.2 Å². The number of benzene rings is 1. The van der Waals surface area contributed by atoms with Crippen LogP contribution >= 0.6 is 23.2 Å². The predicted molar refractivity (Wildman–Crippen MR) is 83.6 cm³/mol. The van der Waals surface area contributed by atoms with E-state index in [1.807, 2.05) is 13.1 Å². The van der Waals surface area contributed by atoms with E-state index in [2.05, 4.69) is 14.9 Å². The summed E-state index contributed by atoms with van der Waals surface area (Å²) in [6, 6.07) is 5.32. The van der Waals surface area contributed by atoms with Gasteiger partial charge >= 0.3 is 0 Å². The summed E-state index contributed by atoms with van der Waals surface area (Å²) in [6.07, 6.45) is 2.35. The lowest BCUT2D eigenvalue weighted by Gasteiger charge is -2.44. The number of aromatic nitrogens is 2. The van der Waals surface area contributed by atoms with Crippen molar-refractivity contribution in [2.45, 2.75) is 31.3 Å². The van der Waals surface area contributed by atoms with Gasteiger partial charge in [0.15, 0.2) is 0 Å². The predicted octanol–water partition coefficient (Wildman–Crippen LogP) is 3.75. The molecule has 0 radical (unpaired) electrons. The van der Waals surface area contributed by atoms with Crippen molar-refractivity contribution in [3.8, 4) is 0 Å². The number of nitrogens with zero attached hydrogens (tertiary/aromatic N) is 3. The van der Waals surface area contributed by atoms with Crippen molar-refractivity contribution in [1.82, 2.24) is 14.9 Å². The first-order valence-corrected chi connectivity index (χ1v) is 7.97. The average Bonchev–Trinajstić information content (AvgIpc) is 2.82. The van der Waals surface area contributed by atoms with Crippen LogP contribution in [0.3, 0.4) is 0 Å². The third-order valence-corrected chi connectivity index (χ3v) is 5.46. The van der Waals surface area contributed by atoms with Crippen LogP contribution in [0.2, 0.25) is 10.4 Å². The molecule has 0 saturated carbocycles. The number of aryl methyl sites for hydroxylation is 1. The summed E-state index contributed by atoms with van der Waals surface area (Å²) in [5, 5.41) is 0.540. The molecule has 0 amide bonds. The summed E-state index contributed by atoms with van der Waals surface area (Å²) in [5.74, 6) is -0.142. The summed E-state index contributed by atoms with van der Waals surface area (Å²) < 4.78 is 14.5. The van der Waals surface area contributed by atoms with E-state index in [1.54, 1.807) is 6.07 Å². The Morgan fingerprint density at radius 1 is 1.27 bits per heavy atom. The number of hydrogen-bond donors (Lipinski definition) is 0. The fourth-order valence-electron chi connectivity index (χ4n) is 3.90. The van der Waals surface area contributed by atoms with Crippen LogP contribution in [0.4, 0.5) is 4.39 Å². The van der Waals surface area contributed by atoms with E-state index in [9.17, 15) is 4.39 Å². The molecule has 0 saturated heterocycles. The SMILES string of the molecule is CN1Cc2c(Cl)nc(Cl)nc2CC12CCc1cccc(F)c12. The molecule has 0 fully saturated rings. The second-order valence-electron chi connectivity index (χ2n) is 6.05. The zero-order chi connectivity index (χ0) is 15.5. The molecule has 2 aliphatic rings. The highest BCUT2D eigenvalue weighted by molar-refractivity contribution is 6.32. The van der Waals surface area contributed by atoms with E-state index in [0.29, 0.717) is 18.1 Å². The summed E-state index contributed by atoms with van der Waals surface area (Å²) >= 11 is 12.2. The fraction of sp³-hybridized carbons (Fsp3) is 0.375. The van der Waals surface area contributed by atoms with Crippen LogP contribution < -0.4 is 0 Å². The summed E-state index contributed by atoms with van der Waals surface area (Å²) in [4.78, 5) is 10.5. The van der Waals surface area contributed by atoms with E-state index < -0.39 is 0 Å². The van der Waals surface area contributed by atoms with Crippen LogP contribution in [0, 0.1) is 5.82 Å². The lowest BCUT2D eigenvalue weighted by molar-refractivity contribution is 0.0896. The van der Waals surface area contributed by atoms with E-state index >= 15 is 0 Å². The first-order valence-electron chi connectivity index (χ1n) is 7.21. The topological polar surface area (TPSA) is 29.0 Å².